The molecule has 1 fully saturated rings. The van der Waals surface area contributed by atoms with Gasteiger partial charge in [-0.15, -0.1) is 0 Å². The van der Waals surface area contributed by atoms with Gasteiger partial charge in [0.15, 0.2) is 0 Å². The number of nitrogens with zero attached hydrogens (tertiary/aromatic N) is 2. The molecular formula is C5H8I2N2O. The number of carbonyl (C=O) groups is 1. The van der Waals surface area contributed by atoms with Gasteiger partial charge >= 0.3 is 0 Å². The summed E-state index contributed by atoms with van der Waals surface area (Å²) in [6.07, 6.45) is 1.08. The van der Waals surface area contributed by atoms with Crippen molar-refractivity contribution in [3.63, 3.8) is 0 Å². The summed E-state index contributed by atoms with van der Waals surface area (Å²) in [6.45, 7) is 2.47. The Morgan fingerprint density at radius 2 is 2.00 bits per heavy atom. The van der Waals surface area contributed by atoms with E-state index < -0.39 is 0 Å². The number of rotatable bonds is 0. The molecule has 1 aliphatic rings. The molecule has 0 aromatic carbocycles. The molecule has 1 rings (SSSR count). The lowest BCUT2D eigenvalue weighted by molar-refractivity contribution is -0.124. The van der Waals surface area contributed by atoms with Crippen LogP contribution >= 0.6 is 45.7 Å². The van der Waals surface area contributed by atoms with Crippen LogP contribution in [0.15, 0.2) is 0 Å². The first-order valence-corrected chi connectivity index (χ1v) is 5.00. The highest BCUT2D eigenvalue weighted by atomic mass is 127. The first-order chi connectivity index (χ1) is 4.70. The molecular weight excluding hydrogens is 358 g/mol. The largest absolute Gasteiger partial charge is 0.284 e. The number of hydrogen-bond donors (Lipinski definition) is 0. The molecule has 0 aromatic heterocycles. The molecule has 0 radical (unpaired) electrons. The minimum absolute atomic E-state index is 0.215. The summed E-state index contributed by atoms with van der Waals surface area (Å²) in [5.41, 5.74) is 0. The number of amides is 1. The molecule has 0 spiro atoms. The molecule has 0 aliphatic carbocycles. The highest BCUT2D eigenvalue weighted by molar-refractivity contribution is 14.1. The molecule has 0 bridgehead atoms. The fraction of sp³-hybridized carbons (Fsp3) is 0.800. The summed E-state index contributed by atoms with van der Waals surface area (Å²) in [6, 6.07) is 0. The second kappa shape index (κ2) is 4.05. The molecule has 0 N–H and O–H groups in total. The van der Waals surface area contributed by atoms with Gasteiger partial charge in [-0.3, -0.25) is 7.91 Å². The van der Waals surface area contributed by atoms with Crippen LogP contribution in [0.4, 0.5) is 0 Å². The summed E-state index contributed by atoms with van der Waals surface area (Å²) < 4.78 is 3.79. The van der Waals surface area contributed by atoms with Gasteiger partial charge in [-0.25, -0.2) is 3.11 Å². The molecule has 58 valence electrons. The van der Waals surface area contributed by atoms with Crippen molar-refractivity contribution in [2.24, 2.45) is 0 Å². The third kappa shape index (κ3) is 2.50. The molecule has 10 heavy (non-hydrogen) atoms. The zero-order chi connectivity index (χ0) is 7.56. The minimum atomic E-state index is 0.215. The topological polar surface area (TPSA) is 23.6 Å². The van der Waals surface area contributed by atoms with Gasteiger partial charge in [-0.1, -0.05) is 0 Å². The molecule has 1 aliphatic heterocycles. The van der Waals surface area contributed by atoms with Gasteiger partial charge in [-0.05, 0) is 6.42 Å². The highest BCUT2D eigenvalue weighted by Crippen LogP contribution is 2.11. The third-order valence-corrected chi connectivity index (χ3v) is 3.18. The van der Waals surface area contributed by atoms with Crippen LogP contribution in [0.5, 0.6) is 0 Å². The first kappa shape index (κ1) is 8.98. The van der Waals surface area contributed by atoms with Crippen molar-refractivity contribution in [1.29, 1.82) is 0 Å². The zero-order valence-corrected chi connectivity index (χ0v) is 9.70. The van der Waals surface area contributed by atoms with E-state index in [0.717, 1.165) is 19.5 Å². The summed E-state index contributed by atoms with van der Waals surface area (Å²) >= 11 is 4.26. The summed E-state index contributed by atoms with van der Waals surface area (Å²) in [5, 5.41) is 0. The van der Waals surface area contributed by atoms with E-state index in [9.17, 15) is 4.79 Å². The Hall–Kier alpha value is 0.890. The Labute approximate surface area is 88.1 Å². The Balaban J connectivity index is 2.49. The molecule has 1 saturated heterocycles. The van der Waals surface area contributed by atoms with Crippen LogP contribution in [0.2, 0.25) is 0 Å². The van der Waals surface area contributed by atoms with Crippen molar-refractivity contribution in [1.82, 2.24) is 6.23 Å². The van der Waals surface area contributed by atoms with E-state index in [2.05, 4.69) is 45.7 Å². The van der Waals surface area contributed by atoms with E-state index in [1.165, 1.54) is 0 Å². The molecule has 0 unspecified atom stereocenters. The van der Waals surface area contributed by atoms with Crippen LogP contribution < -0.4 is 0 Å². The third-order valence-electron chi connectivity index (χ3n) is 1.33. The molecule has 0 aromatic rings. The lowest BCUT2D eigenvalue weighted by Gasteiger charge is -2.09. The van der Waals surface area contributed by atoms with Gasteiger partial charge in [0, 0.05) is 36.0 Å². The fourth-order valence-corrected chi connectivity index (χ4v) is 1.93. The summed E-state index contributed by atoms with van der Waals surface area (Å²) in [7, 11) is 0. The predicted octanol–water partition coefficient (Wildman–Crippen LogP) is 1.22. The lowest BCUT2D eigenvalue weighted by atomic mass is 10.4. The average molecular weight is 366 g/mol. The molecule has 3 nitrogen and oxygen atoms in total. The van der Waals surface area contributed by atoms with Crippen molar-refractivity contribution in [2.75, 3.05) is 19.6 Å². The monoisotopic (exact) mass is 366 g/mol. The van der Waals surface area contributed by atoms with Crippen molar-refractivity contribution in [3.8, 4) is 0 Å². The van der Waals surface area contributed by atoms with Crippen LogP contribution in [-0.4, -0.2) is 31.8 Å². The Bertz CT molecular complexity index is 142. The minimum Gasteiger partial charge on any atom is -0.284 e. The van der Waals surface area contributed by atoms with Crippen LogP contribution in [0, 0.1) is 0 Å². The van der Waals surface area contributed by atoms with Crippen LogP contribution in [-0.2, 0) is 4.79 Å². The smallest absolute Gasteiger partial charge is 0.246 e. The lowest BCUT2D eigenvalue weighted by Crippen LogP contribution is -2.26. The van der Waals surface area contributed by atoms with E-state index in [-0.39, 0.29) is 5.91 Å². The van der Waals surface area contributed by atoms with Gasteiger partial charge in [0.05, 0.1) is 29.4 Å². The second-order valence-corrected chi connectivity index (χ2v) is 4.71. The van der Waals surface area contributed by atoms with Crippen LogP contribution in [0.25, 0.3) is 0 Å². The Morgan fingerprint density at radius 1 is 1.30 bits per heavy atom. The number of carbonyl (C=O) groups excluding carboxylic acids is 1. The van der Waals surface area contributed by atoms with Crippen molar-refractivity contribution in [3.05, 3.63) is 0 Å². The van der Waals surface area contributed by atoms with Crippen molar-refractivity contribution >= 4 is 51.6 Å². The fourth-order valence-electron chi connectivity index (χ4n) is 0.808. The van der Waals surface area contributed by atoms with Gasteiger partial charge in [0.1, 0.15) is 0 Å². The number of hydrogen-bond acceptors (Lipinski definition) is 2. The maximum atomic E-state index is 11.1. The van der Waals surface area contributed by atoms with E-state index in [4.69, 9.17) is 0 Å². The molecule has 1 amide bonds. The quantitative estimate of drug-likeness (QED) is 0.476. The van der Waals surface area contributed by atoms with Crippen molar-refractivity contribution in [2.45, 2.75) is 6.42 Å². The molecule has 5 heteroatoms. The first-order valence-electron chi connectivity index (χ1n) is 3.07. The van der Waals surface area contributed by atoms with Crippen LogP contribution in [0.3, 0.4) is 0 Å². The van der Waals surface area contributed by atoms with Crippen molar-refractivity contribution < 1.29 is 4.79 Å². The molecule has 1 heterocycles. The second-order valence-electron chi connectivity index (χ2n) is 2.18. The Morgan fingerprint density at radius 3 is 2.70 bits per heavy atom. The van der Waals surface area contributed by atoms with E-state index in [1.54, 1.807) is 3.11 Å². The van der Waals surface area contributed by atoms with E-state index >= 15 is 0 Å². The normalized spacial score (nSPS) is 23.0. The maximum Gasteiger partial charge on any atom is 0.246 e. The SMILES string of the molecule is O=C1CN(I)CCCN1I. The molecule has 0 saturated carbocycles. The standard InChI is InChI=1S/C5H8I2N2O/c6-8-2-1-3-9(7)5(10)4-8/h1-4H2. The predicted molar refractivity (Wildman–Crippen MR) is 55.9 cm³/mol. The molecule has 0 atom stereocenters. The Kier molecular flexibility index (Phi) is 3.64. The zero-order valence-electron chi connectivity index (χ0n) is 5.39. The number of halogens is 2. The summed E-state index contributed by atoms with van der Waals surface area (Å²) in [4.78, 5) is 11.1. The van der Waals surface area contributed by atoms with E-state index in [1.807, 2.05) is 3.11 Å². The van der Waals surface area contributed by atoms with Gasteiger partial charge in [0.2, 0.25) is 5.91 Å². The van der Waals surface area contributed by atoms with Crippen LogP contribution in [0.1, 0.15) is 6.42 Å². The maximum absolute atomic E-state index is 11.1. The van der Waals surface area contributed by atoms with Gasteiger partial charge < -0.3 is 0 Å². The summed E-state index contributed by atoms with van der Waals surface area (Å²) in [5.74, 6) is 0.215. The van der Waals surface area contributed by atoms with E-state index in [0.29, 0.717) is 6.54 Å². The average Bonchev–Trinajstić information content (AvgIpc) is 1.96. The highest BCUT2D eigenvalue weighted by Gasteiger charge is 2.17. The van der Waals surface area contributed by atoms with Gasteiger partial charge in [-0.2, -0.15) is 0 Å². The van der Waals surface area contributed by atoms with Gasteiger partial charge in [0.25, 0.3) is 0 Å².